The zero-order chi connectivity index (χ0) is 15.5. The molecule has 0 atom stereocenters. The van der Waals surface area contributed by atoms with Crippen LogP contribution < -0.4 is 4.72 Å². The molecule has 2 aromatic rings. The number of anilines is 1. The summed E-state index contributed by atoms with van der Waals surface area (Å²) < 4.78 is 63.2. The highest BCUT2D eigenvalue weighted by molar-refractivity contribution is 7.92. The lowest BCUT2D eigenvalue weighted by Gasteiger charge is -2.04. The summed E-state index contributed by atoms with van der Waals surface area (Å²) in [5, 5.41) is 5.73. The minimum absolute atomic E-state index is 0.0909. The summed E-state index contributed by atoms with van der Waals surface area (Å²) in [5.74, 6) is -0.774. The smallest absolute Gasteiger partial charge is 0.257 e. The van der Waals surface area contributed by atoms with E-state index >= 15 is 0 Å². The Balaban J connectivity index is 1.98. The molecule has 1 heterocycles. The zero-order valence-electron chi connectivity index (χ0n) is 10.5. The predicted molar refractivity (Wildman–Crippen MR) is 72.4 cm³/mol. The van der Waals surface area contributed by atoms with Crippen molar-refractivity contribution >= 4 is 26.5 Å². The van der Waals surface area contributed by atoms with E-state index in [0.717, 1.165) is 0 Å². The van der Waals surface area contributed by atoms with Crippen LogP contribution in [0.1, 0.15) is 17.0 Å². The first-order chi connectivity index (χ1) is 9.85. The maximum absolute atomic E-state index is 13.0. The second kappa shape index (κ2) is 6.39. The fraction of sp³-hybridized carbons (Fsp3) is 0.273. The summed E-state index contributed by atoms with van der Waals surface area (Å²) in [5.41, 5.74) is 0.519. The van der Waals surface area contributed by atoms with Gasteiger partial charge in [0.15, 0.2) is 5.01 Å². The third kappa shape index (κ3) is 4.67. The highest BCUT2D eigenvalue weighted by atomic mass is 32.2. The molecule has 0 aliphatic rings. The van der Waals surface area contributed by atoms with Crippen LogP contribution in [0.4, 0.5) is 18.3 Å². The molecule has 0 aliphatic heterocycles. The van der Waals surface area contributed by atoms with Crippen LogP contribution in [0.15, 0.2) is 24.3 Å². The lowest BCUT2D eigenvalue weighted by molar-refractivity contribution is 0.150. The summed E-state index contributed by atoms with van der Waals surface area (Å²) in [6.07, 6.45) is -2.71. The number of halogens is 3. The highest BCUT2D eigenvalue weighted by Crippen LogP contribution is 2.25. The molecule has 5 nitrogen and oxygen atoms in total. The predicted octanol–water partition coefficient (Wildman–Crippen LogP) is 2.60. The van der Waals surface area contributed by atoms with E-state index < -0.39 is 27.3 Å². The van der Waals surface area contributed by atoms with Crippen molar-refractivity contribution in [2.75, 3.05) is 10.5 Å². The molecule has 0 aliphatic carbocycles. The molecule has 1 aromatic heterocycles. The molecule has 114 valence electrons. The Morgan fingerprint density at radius 3 is 2.67 bits per heavy atom. The van der Waals surface area contributed by atoms with Crippen LogP contribution in [-0.4, -0.2) is 24.4 Å². The van der Waals surface area contributed by atoms with Gasteiger partial charge in [0, 0.05) is 0 Å². The van der Waals surface area contributed by atoms with E-state index in [0.29, 0.717) is 16.9 Å². The van der Waals surface area contributed by atoms with E-state index in [9.17, 15) is 21.6 Å². The number of nitrogens with zero attached hydrogens (tertiary/aromatic N) is 2. The van der Waals surface area contributed by atoms with Crippen molar-refractivity contribution in [3.8, 4) is 0 Å². The fourth-order valence-corrected chi connectivity index (χ4v) is 3.40. The van der Waals surface area contributed by atoms with Gasteiger partial charge in [-0.25, -0.2) is 21.6 Å². The lowest BCUT2D eigenvalue weighted by Crippen LogP contribution is -2.18. The van der Waals surface area contributed by atoms with Crippen molar-refractivity contribution in [3.05, 3.63) is 40.7 Å². The summed E-state index contributed by atoms with van der Waals surface area (Å²) in [6, 6.07) is 5.56. The summed E-state index contributed by atoms with van der Waals surface area (Å²) >= 11 is 0.469. The standard InChI is InChI=1S/C11H10F3N3O2S2/c12-8-3-1-2-7(6-8)4-5-21(18,19)17-11-16-15-10(20-11)9(13)14/h1-3,6,9H,4-5H2,(H,16,17). The number of nitrogens with one attached hydrogen (secondary N) is 1. The van der Waals surface area contributed by atoms with E-state index in [1.54, 1.807) is 6.07 Å². The van der Waals surface area contributed by atoms with Crippen molar-refractivity contribution in [3.63, 3.8) is 0 Å². The number of aromatic nitrogens is 2. The monoisotopic (exact) mass is 337 g/mol. The van der Waals surface area contributed by atoms with Crippen LogP contribution in [0.5, 0.6) is 0 Å². The molecule has 0 fully saturated rings. The van der Waals surface area contributed by atoms with Gasteiger partial charge in [-0.1, -0.05) is 23.5 Å². The molecule has 0 saturated carbocycles. The Bertz CT molecular complexity index is 719. The van der Waals surface area contributed by atoms with E-state index in [1.165, 1.54) is 18.2 Å². The molecule has 0 amide bonds. The van der Waals surface area contributed by atoms with Gasteiger partial charge < -0.3 is 0 Å². The topological polar surface area (TPSA) is 72.0 Å². The van der Waals surface area contributed by atoms with Gasteiger partial charge in [0.05, 0.1) is 5.75 Å². The van der Waals surface area contributed by atoms with E-state index in [4.69, 9.17) is 0 Å². The van der Waals surface area contributed by atoms with Gasteiger partial charge in [0.2, 0.25) is 15.2 Å². The quantitative estimate of drug-likeness (QED) is 0.879. The Morgan fingerprint density at radius 1 is 1.29 bits per heavy atom. The van der Waals surface area contributed by atoms with Gasteiger partial charge in [-0.05, 0) is 24.1 Å². The second-order valence-electron chi connectivity index (χ2n) is 4.05. The third-order valence-corrected chi connectivity index (χ3v) is 4.64. The Labute approximate surface area is 122 Å². The number of alkyl halides is 2. The van der Waals surface area contributed by atoms with E-state index in [1.807, 2.05) is 0 Å². The van der Waals surface area contributed by atoms with Crippen molar-refractivity contribution in [2.45, 2.75) is 12.8 Å². The Kier molecular flexibility index (Phi) is 4.78. The molecule has 10 heteroatoms. The molecular weight excluding hydrogens is 327 g/mol. The van der Waals surface area contributed by atoms with Gasteiger partial charge in [0.1, 0.15) is 5.82 Å². The summed E-state index contributed by atoms with van der Waals surface area (Å²) in [6.45, 7) is 0. The van der Waals surface area contributed by atoms with Crippen LogP contribution in [0.25, 0.3) is 0 Å². The Morgan fingerprint density at radius 2 is 2.05 bits per heavy atom. The van der Waals surface area contributed by atoms with Gasteiger partial charge in [-0.3, -0.25) is 4.72 Å². The first-order valence-corrected chi connectivity index (χ1v) is 8.19. The molecule has 1 aromatic carbocycles. The van der Waals surface area contributed by atoms with Gasteiger partial charge in [-0.15, -0.1) is 10.2 Å². The third-order valence-electron chi connectivity index (χ3n) is 2.42. The molecule has 21 heavy (non-hydrogen) atoms. The van der Waals surface area contributed by atoms with E-state index in [-0.39, 0.29) is 17.3 Å². The van der Waals surface area contributed by atoms with Crippen molar-refractivity contribution in [1.82, 2.24) is 10.2 Å². The van der Waals surface area contributed by atoms with Crippen LogP contribution in [0, 0.1) is 5.82 Å². The van der Waals surface area contributed by atoms with Gasteiger partial charge in [0.25, 0.3) is 6.43 Å². The fourth-order valence-electron chi connectivity index (χ4n) is 1.49. The molecule has 2 rings (SSSR count). The largest absolute Gasteiger partial charge is 0.291 e. The minimum atomic E-state index is -3.77. The second-order valence-corrected chi connectivity index (χ2v) is 6.90. The molecule has 0 bridgehead atoms. The number of sulfonamides is 1. The maximum Gasteiger partial charge on any atom is 0.291 e. The summed E-state index contributed by atoms with van der Waals surface area (Å²) in [7, 11) is -3.77. The highest BCUT2D eigenvalue weighted by Gasteiger charge is 2.18. The molecule has 0 saturated heterocycles. The molecule has 1 N–H and O–H groups in total. The van der Waals surface area contributed by atoms with E-state index in [2.05, 4.69) is 14.9 Å². The van der Waals surface area contributed by atoms with Crippen LogP contribution in [0.2, 0.25) is 0 Å². The number of aryl methyl sites for hydroxylation is 1. The van der Waals surface area contributed by atoms with Crippen molar-refractivity contribution in [2.24, 2.45) is 0 Å². The Hall–Kier alpha value is -1.68. The summed E-state index contributed by atoms with van der Waals surface area (Å²) in [4.78, 5) is 0. The van der Waals surface area contributed by atoms with Crippen LogP contribution >= 0.6 is 11.3 Å². The maximum atomic E-state index is 13.0. The first-order valence-electron chi connectivity index (χ1n) is 5.72. The minimum Gasteiger partial charge on any atom is -0.257 e. The number of hydrogen-bond donors (Lipinski definition) is 1. The average molecular weight is 337 g/mol. The normalized spacial score (nSPS) is 11.8. The molecule has 0 spiro atoms. The van der Waals surface area contributed by atoms with Crippen molar-refractivity contribution in [1.29, 1.82) is 0 Å². The first kappa shape index (κ1) is 15.7. The van der Waals surface area contributed by atoms with Crippen LogP contribution in [-0.2, 0) is 16.4 Å². The molecular formula is C11H10F3N3O2S2. The van der Waals surface area contributed by atoms with Crippen LogP contribution in [0.3, 0.4) is 0 Å². The lowest BCUT2D eigenvalue weighted by atomic mass is 10.2. The number of hydrogen-bond acceptors (Lipinski definition) is 5. The number of rotatable bonds is 6. The van der Waals surface area contributed by atoms with Gasteiger partial charge >= 0.3 is 0 Å². The average Bonchev–Trinajstić information content (AvgIpc) is 2.85. The molecule has 0 unspecified atom stereocenters. The number of benzene rings is 1. The molecule has 0 radical (unpaired) electrons. The van der Waals surface area contributed by atoms with Crippen molar-refractivity contribution < 1.29 is 21.6 Å². The SMILES string of the molecule is O=S(=O)(CCc1cccc(F)c1)Nc1nnc(C(F)F)s1. The van der Waals surface area contributed by atoms with Gasteiger partial charge in [-0.2, -0.15) is 0 Å². The zero-order valence-corrected chi connectivity index (χ0v) is 12.1.